The Balaban J connectivity index is 3.29. The van der Waals surface area contributed by atoms with Gasteiger partial charge in [-0.15, -0.1) is 0 Å². The molecule has 0 fully saturated rings. The molecule has 0 atom stereocenters. The molecule has 2 heteroatoms. The van der Waals surface area contributed by atoms with Crippen LogP contribution in [-0.2, 0) is 0 Å². The van der Waals surface area contributed by atoms with E-state index in [9.17, 15) is 0 Å². The molecule has 0 spiro atoms. The predicted octanol–water partition coefficient (Wildman–Crippen LogP) is 1.36. The molecule has 0 aromatic heterocycles. The summed E-state index contributed by atoms with van der Waals surface area (Å²) in [7, 11) is 0. The topological polar surface area (TPSA) is 20.2 Å². The van der Waals surface area contributed by atoms with Gasteiger partial charge in [0.15, 0.2) is 0 Å². The third-order valence-corrected chi connectivity index (χ3v) is 1.12. The molecule has 0 heterocycles. The van der Waals surface area contributed by atoms with Crippen LogP contribution in [0.2, 0.25) is 0 Å². The SMILES string of the molecule is C/C(=C/CI)CO. The van der Waals surface area contributed by atoms with E-state index in [4.69, 9.17) is 5.11 Å². The number of halogens is 1. The monoisotopic (exact) mass is 212 g/mol. The van der Waals surface area contributed by atoms with Crippen LogP contribution in [0.4, 0.5) is 0 Å². The average Bonchev–Trinajstić information content (AvgIpc) is 1.68. The van der Waals surface area contributed by atoms with E-state index in [1.807, 2.05) is 13.0 Å². The molecule has 0 unspecified atom stereocenters. The van der Waals surface area contributed by atoms with Crippen LogP contribution in [-0.4, -0.2) is 16.1 Å². The second-order valence-electron chi connectivity index (χ2n) is 1.36. The second-order valence-corrected chi connectivity index (χ2v) is 2.24. The first kappa shape index (κ1) is 7.43. The lowest BCUT2D eigenvalue weighted by atomic mass is 10.3. The highest BCUT2D eigenvalue weighted by atomic mass is 127. The summed E-state index contributed by atoms with van der Waals surface area (Å²) in [5.41, 5.74) is 1.05. The number of rotatable bonds is 2. The quantitative estimate of drug-likeness (QED) is 0.416. The van der Waals surface area contributed by atoms with E-state index in [1.165, 1.54) is 0 Å². The minimum Gasteiger partial charge on any atom is -0.392 e. The second kappa shape index (κ2) is 4.59. The Kier molecular flexibility index (Phi) is 4.87. The highest BCUT2D eigenvalue weighted by Gasteiger charge is 1.78. The molecule has 0 aromatic carbocycles. The van der Waals surface area contributed by atoms with E-state index in [-0.39, 0.29) is 6.61 Å². The molecule has 0 aliphatic heterocycles. The summed E-state index contributed by atoms with van der Waals surface area (Å²) < 4.78 is 0.990. The van der Waals surface area contributed by atoms with Crippen LogP contribution in [0.15, 0.2) is 11.6 Å². The largest absolute Gasteiger partial charge is 0.392 e. The average molecular weight is 212 g/mol. The zero-order chi connectivity index (χ0) is 5.70. The van der Waals surface area contributed by atoms with Crippen LogP contribution in [0, 0.1) is 0 Å². The number of aliphatic hydroxyl groups is 1. The Morgan fingerprint density at radius 1 is 1.86 bits per heavy atom. The van der Waals surface area contributed by atoms with Gasteiger partial charge in [-0.05, 0) is 6.92 Å². The summed E-state index contributed by atoms with van der Waals surface area (Å²) in [6.45, 7) is 2.11. The van der Waals surface area contributed by atoms with Gasteiger partial charge in [0.2, 0.25) is 0 Å². The van der Waals surface area contributed by atoms with Crippen LogP contribution >= 0.6 is 22.6 Å². The van der Waals surface area contributed by atoms with E-state index in [1.54, 1.807) is 0 Å². The van der Waals surface area contributed by atoms with Crippen LogP contribution < -0.4 is 0 Å². The first-order valence-corrected chi connectivity index (χ1v) is 3.66. The summed E-state index contributed by atoms with van der Waals surface area (Å²) in [6.07, 6.45) is 2.00. The third kappa shape index (κ3) is 4.28. The zero-order valence-corrected chi connectivity index (χ0v) is 6.47. The predicted molar refractivity (Wildman–Crippen MR) is 39.7 cm³/mol. The third-order valence-electron chi connectivity index (χ3n) is 0.675. The Hall–Kier alpha value is 0.430. The summed E-state index contributed by atoms with van der Waals surface area (Å²) in [6, 6.07) is 0. The number of alkyl halides is 1. The fraction of sp³-hybridized carbons (Fsp3) is 0.600. The summed E-state index contributed by atoms with van der Waals surface area (Å²) in [5.74, 6) is 0. The molecule has 0 aliphatic carbocycles. The van der Waals surface area contributed by atoms with Gasteiger partial charge in [0.05, 0.1) is 6.61 Å². The van der Waals surface area contributed by atoms with Crippen molar-refractivity contribution >= 4 is 22.6 Å². The van der Waals surface area contributed by atoms with Gasteiger partial charge in [-0.1, -0.05) is 34.2 Å². The molecule has 0 saturated carbocycles. The first-order chi connectivity index (χ1) is 3.31. The fourth-order valence-electron chi connectivity index (χ4n) is 0.196. The summed E-state index contributed by atoms with van der Waals surface area (Å²) >= 11 is 2.24. The van der Waals surface area contributed by atoms with E-state index in [2.05, 4.69) is 22.6 Å². The lowest BCUT2D eigenvalue weighted by Crippen LogP contribution is -1.82. The molecule has 42 valence electrons. The van der Waals surface area contributed by atoms with Crippen molar-refractivity contribution in [3.63, 3.8) is 0 Å². The number of allylic oxidation sites excluding steroid dienone is 1. The van der Waals surface area contributed by atoms with Gasteiger partial charge in [0.25, 0.3) is 0 Å². The van der Waals surface area contributed by atoms with Gasteiger partial charge in [0.1, 0.15) is 0 Å². The lowest BCUT2D eigenvalue weighted by Gasteiger charge is -1.87. The Bertz CT molecular complexity index is 68.5. The maximum absolute atomic E-state index is 8.39. The lowest BCUT2D eigenvalue weighted by molar-refractivity contribution is 0.331. The Morgan fingerprint density at radius 3 is 2.57 bits per heavy atom. The van der Waals surface area contributed by atoms with Gasteiger partial charge in [-0.2, -0.15) is 0 Å². The maximum atomic E-state index is 8.39. The molecule has 0 saturated heterocycles. The van der Waals surface area contributed by atoms with Gasteiger partial charge in [-0.3, -0.25) is 0 Å². The molecule has 1 N–H and O–H groups in total. The fourth-order valence-corrected chi connectivity index (χ4v) is 0.948. The van der Waals surface area contributed by atoms with Gasteiger partial charge in [-0.25, -0.2) is 0 Å². The van der Waals surface area contributed by atoms with Crippen molar-refractivity contribution in [3.05, 3.63) is 11.6 Å². The van der Waals surface area contributed by atoms with Crippen molar-refractivity contribution in [2.75, 3.05) is 11.0 Å². The summed E-state index contributed by atoms with van der Waals surface area (Å²) in [5, 5.41) is 8.39. The smallest absolute Gasteiger partial charge is 0.0639 e. The molecule has 0 amide bonds. The Labute approximate surface area is 57.6 Å². The van der Waals surface area contributed by atoms with Crippen molar-refractivity contribution in [3.8, 4) is 0 Å². The normalized spacial score (nSPS) is 12.1. The van der Waals surface area contributed by atoms with Crippen molar-refractivity contribution in [2.24, 2.45) is 0 Å². The number of hydrogen-bond acceptors (Lipinski definition) is 1. The summed E-state index contributed by atoms with van der Waals surface area (Å²) in [4.78, 5) is 0. The van der Waals surface area contributed by atoms with Crippen molar-refractivity contribution < 1.29 is 5.11 Å². The van der Waals surface area contributed by atoms with Crippen LogP contribution in [0.1, 0.15) is 6.92 Å². The maximum Gasteiger partial charge on any atom is 0.0639 e. The minimum absolute atomic E-state index is 0.197. The van der Waals surface area contributed by atoms with Crippen LogP contribution in [0.3, 0.4) is 0 Å². The minimum atomic E-state index is 0.197. The first-order valence-electron chi connectivity index (χ1n) is 2.13. The van der Waals surface area contributed by atoms with Crippen LogP contribution in [0.5, 0.6) is 0 Å². The van der Waals surface area contributed by atoms with E-state index in [0.29, 0.717) is 0 Å². The molecule has 0 aromatic rings. The number of aliphatic hydroxyl groups excluding tert-OH is 1. The van der Waals surface area contributed by atoms with Gasteiger partial charge >= 0.3 is 0 Å². The van der Waals surface area contributed by atoms with Gasteiger partial charge in [0, 0.05) is 4.43 Å². The highest BCUT2D eigenvalue weighted by molar-refractivity contribution is 14.1. The zero-order valence-electron chi connectivity index (χ0n) is 4.32. The molecule has 0 aliphatic rings. The molecule has 0 bridgehead atoms. The highest BCUT2D eigenvalue weighted by Crippen LogP contribution is 1.91. The van der Waals surface area contributed by atoms with E-state index >= 15 is 0 Å². The molecule has 1 nitrogen and oxygen atoms in total. The van der Waals surface area contributed by atoms with E-state index in [0.717, 1.165) is 10.0 Å². The van der Waals surface area contributed by atoms with Crippen molar-refractivity contribution in [1.82, 2.24) is 0 Å². The van der Waals surface area contributed by atoms with Gasteiger partial charge < -0.3 is 5.11 Å². The standard InChI is InChI=1S/C5H9IO/c1-5(4-7)2-3-6/h2,7H,3-4H2,1H3/b5-2-. The molecule has 0 radical (unpaired) electrons. The van der Waals surface area contributed by atoms with Crippen molar-refractivity contribution in [2.45, 2.75) is 6.92 Å². The Morgan fingerprint density at radius 2 is 2.43 bits per heavy atom. The molecular weight excluding hydrogens is 203 g/mol. The molecule has 0 rings (SSSR count). The van der Waals surface area contributed by atoms with Crippen molar-refractivity contribution in [1.29, 1.82) is 0 Å². The molecular formula is C5H9IO. The van der Waals surface area contributed by atoms with Crippen LogP contribution in [0.25, 0.3) is 0 Å². The molecule has 7 heavy (non-hydrogen) atoms. The number of hydrogen-bond donors (Lipinski definition) is 1. The van der Waals surface area contributed by atoms with E-state index < -0.39 is 0 Å².